The lowest BCUT2D eigenvalue weighted by molar-refractivity contribution is 0.292. The molecular formula is C14H16ClN3O2. The van der Waals surface area contributed by atoms with Crippen molar-refractivity contribution >= 4 is 11.6 Å². The van der Waals surface area contributed by atoms with Crippen molar-refractivity contribution < 1.29 is 4.74 Å². The van der Waals surface area contributed by atoms with Crippen molar-refractivity contribution in [2.24, 2.45) is 5.73 Å². The van der Waals surface area contributed by atoms with Crippen molar-refractivity contribution in [1.29, 1.82) is 0 Å². The zero-order valence-electron chi connectivity index (χ0n) is 11.3. The van der Waals surface area contributed by atoms with Crippen LogP contribution in [0.5, 0.6) is 5.75 Å². The molecular weight excluding hydrogens is 278 g/mol. The molecule has 0 aliphatic rings. The molecule has 0 aliphatic carbocycles. The smallest absolute Gasteiger partial charge is 0.251 e. The van der Waals surface area contributed by atoms with Crippen LogP contribution in [0.25, 0.3) is 0 Å². The minimum atomic E-state index is -0.298. The summed E-state index contributed by atoms with van der Waals surface area (Å²) in [5, 5.41) is 0.653. The van der Waals surface area contributed by atoms with Crippen LogP contribution in [-0.2, 0) is 6.61 Å². The fourth-order valence-electron chi connectivity index (χ4n) is 1.75. The van der Waals surface area contributed by atoms with E-state index in [1.807, 2.05) is 13.0 Å². The van der Waals surface area contributed by atoms with Gasteiger partial charge in [-0.2, -0.15) is 0 Å². The molecule has 5 nitrogen and oxygen atoms in total. The Kier molecular flexibility index (Phi) is 4.42. The Hall–Kier alpha value is -1.85. The summed E-state index contributed by atoms with van der Waals surface area (Å²) >= 11 is 5.88. The normalized spacial score (nSPS) is 12.2. The Balaban J connectivity index is 2.16. The van der Waals surface area contributed by atoms with Crippen molar-refractivity contribution in [3.05, 3.63) is 56.7 Å². The summed E-state index contributed by atoms with van der Waals surface area (Å²) < 4.78 is 5.64. The summed E-state index contributed by atoms with van der Waals surface area (Å²) in [6, 6.07) is 6.44. The molecule has 0 aliphatic heterocycles. The molecule has 0 spiro atoms. The van der Waals surface area contributed by atoms with E-state index in [1.54, 1.807) is 19.1 Å². The SMILES string of the molecule is Cc1cc(Cl)ccc1OCc1nc(C(C)N)cc(=O)[nH]1. The predicted molar refractivity (Wildman–Crippen MR) is 78.0 cm³/mol. The largest absolute Gasteiger partial charge is 0.485 e. The van der Waals surface area contributed by atoms with Crippen LogP contribution >= 0.6 is 11.6 Å². The highest BCUT2D eigenvalue weighted by Gasteiger charge is 2.07. The first-order valence-electron chi connectivity index (χ1n) is 6.20. The average molecular weight is 294 g/mol. The molecule has 2 aromatic rings. The van der Waals surface area contributed by atoms with Crippen molar-refractivity contribution in [3.63, 3.8) is 0 Å². The van der Waals surface area contributed by atoms with Gasteiger partial charge in [0.2, 0.25) is 0 Å². The van der Waals surface area contributed by atoms with Crippen molar-refractivity contribution in [2.75, 3.05) is 0 Å². The van der Waals surface area contributed by atoms with Crippen molar-refractivity contribution in [2.45, 2.75) is 26.5 Å². The maximum absolute atomic E-state index is 11.5. The number of ether oxygens (including phenoxy) is 1. The van der Waals surface area contributed by atoms with Crippen LogP contribution in [0.1, 0.15) is 30.0 Å². The Morgan fingerprint density at radius 3 is 2.85 bits per heavy atom. The minimum absolute atomic E-state index is 0.165. The second-order valence-electron chi connectivity index (χ2n) is 4.60. The summed E-state index contributed by atoms with van der Waals surface area (Å²) in [4.78, 5) is 18.4. The Bertz CT molecular complexity index is 668. The lowest BCUT2D eigenvalue weighted by Crippen LogP contribution is -2.18. The third-order valence-electron chi connectivity index (χ3n) is 2.78. The summed E-state index contributed by atoms with van der Waals surface area (Å²) in [6.45, 7) is 3.84. The first kappa shape index (κ1) is 14.6. The maximum Gasteiger partial charge on any atom is 0.251 e. The number of nitrogens with zero attached hydrogens (tertiary/aromatic N) is 1. The van der Waals surface area contributed by atoms with E-state index in [0.717, 1.165) is 5.56 Å². The van der Waals surface area contributed by atoms with Crippen molar-refractivity contribution in [3.8, 4) is 5.75 Å². The van der Waals surface area contributed by atoms with E-state index >= 15 is 0 Å². The van der Waals surface area contributed by atoms with Crippen LogP contribution in [0.15, 0.2) is 29.1 Å². The van der Waals surface area contributed by atoms with E-state index in [4.69, 9.17) is 22.1 Å². The van der Waals surface area contributed by atoms with E-state index < -0.39 is 0 Å². The monoisotopic (exact) mass is 293 g/mol. The number of H-pyrrole nitrogens is 1. The number of hydrogen-bond acceptors (Lipinski definition) is 4. The van der Waals surface area contributed by atoms with Crippen LogP contribution in [0.2, 0.25) is 5.02 Å². The summed E-state index contributed by atoms with van der Waals surface area (Å²) in [7, 11) is 0. The van der Waals surface area contributed by atoms with E-state index in [-0.39, 0.29) is 18.2 Å². The van der Waals surface area contributed by atoms with E-state index in [9.17, 15) is 4.79 Å². The van der Waals surface area contributed by atoms with Crippen molar-refractivity contribution in [1.82, 2.24) is 9.97 Å². The number of nitrogens with two attached hydrogens (primary N) is 1. The van der Waals surface area contributed by atoms with Gasteiger partial charge in [-0.25, -0.2) is 4.98 Å². The molecule has 3 N–H and O–H groups in total. The third kappa shape index (κ3) is 3.59. The Morgan fingerprint density at radius 1 is 1.45 bits per heavy atom. The molecule has 0 saturated heterocycles. The molecule has 1 aromatic carbocycles. The molecule has 1 unspecified atom stereocenters. The second kappa shape index (κ2) is 6.07. The molecule has 1 atom stereocenters. The number of rotatable bonds is 4. The van der Waals surface area contributed by atoms with Crippen LogP contribution in [0, 0.1) is 6.92 Å². The van der Waals surface area contributed by atoms with Gasteiger partial charge in [-0.1, -0.05) is 11.6 Å². The number of aromatic amines is 1. The number of nitrogens with one attached hydrogen (secondary N) is 1. The second-order valence-corrected chi connectivity index (χ2v) is 5.04. The first-order valence-corrected chi connectivity index (χ1v) is 6.58. The van der Waals surface area contributed by atoms with Crippen LogP contribution in [0.3, 0.4) is 0 Å². The molecule has 0 saturated carbocycles. The van der Waals surface area contributed by atoms with Gasteiger partial charge in [0.1, 0.15) is 18.2 Å². The van der Waals surface area contributed by atoms with Gasteiger partial charge in [-0.05, 0) is 37.6 Å². The quantitative estimate of drug-likeness (QED) is 0.906. The van der Waals surface area contributed by atoms with Gasteiger partial charge >= 0.3 is 0 Å². The lowest BCUT2D eigenvalue weighted by atomic mass is 10.2. The Morgan fingerprint density at radius 2 is 2.20 bits per heavy atom. The number of benzene rings is 1. The zero-order chi connectivity index (χ0) is 14.7. The molecule has 0 fully saturated rings. The van der Waals surface area contributed by atoms with Gasteiger partial charge in [-0.15, -0.1) is 0 Å². The topological polar surface area (TPSA) is 81.0 Å². The molecule has 1 aromatic heterocycles. The molecule has 106 valence electrons. The van der Waals surface area contributed by atoms with Gasteiger partial charge in [-0.3, -0.25) is 4.79 Å². The summed E-state index contributed by atoms with van der Waals surface area (Å²) in [5.74, 6) is 1.14. The number of hydrogen-bond donors (Lipinski definition) is 2. The number of aryl methyl sites for hydroxylation is 1. The number of halogens is 1. The first-order chi connectivity index (χ1) is 9.45. The molecule has 20 heavy (non-hydrogen) atoms. The highest BCUT2D eigenvalue weighted by molar-refractivity contribution is 6.30. The molecule has 0 amide bonds. The van der Waals surface area contributed by atoms with Gasteiger partial charge in [0.05, 0.1) is 5.69 Å². The molecule has 6 heteroatoms. The Labute approximate surface area is 121 Å². The highest BCUT2D eigenvalue weighted by atomic mass is 35.5. The number of aromatic nitrogens is 2. The molecule has 0 radical (unpaired) electrons. The van der Waals surface area contributed by atoms with E-state index in [1.165, 1.54) is 6.07 Å². The average Bonchev–Trinajstić information content (AvgIpc) is 2.37. The van der Waals surface area contributed by atoms with Gasteiger partial charge in [0.25, 0.3) is 5.56 Å². The predicted octanol–water partition coefficient (Wildman–Crippen LogP) is 2.33. The van der Waals surface area contributed by atoms with Gasteiger partial charge in [0, 0.05) is 17.1 Å². The fourth-order valence-corrected chi connectivity index (χ4v) is 1.98. The lowest BCUT2D eigenvalue weighted by Gasteiger charge is -2.10. The van der Waals surface area contributed by atoms with Gasteiger partial charge < -0.3 is 15.5 Å². The highest BCUT2D eigenvalue weighted by Crippen LogP contribution is 2.22. The van der Waals surface area contributed by atoms with E-state index in [0.29, 0.717) is 22.3 Å². The van der Waals surface area contributed by atoms with Gasteiger partial charge in [0.15, 0.2) is 0 Å². The minimum Gasteiger partial charge on any atom is -0.485 e. The van der Waals surface area contributed by atoms with Crippen LogP contribution in [-0.4, -0.2) is 9.97 Å². The standard InChI is InChI=1S/C14H16ClN3O2/c1-8-5-10(15)3-4-12(8)20-7-13-17-11(9(2)16)6-14(19)18-13/h3-6,9H,7,16H2,1-2H3,(H,17,18,19). The summed E-state index contributed by atoms with van der Waals surface area (Å²) in [5.41, 5.74) is 6.95. The fraction of sp³-hybridized carbons (Fsp3) is 0.286. The molecule has 1 heterocycles. The zero-order valence-corrected chi connectivity index (χ0v) is 12.1. The van der Waals surface area contributed by atoms with Crippen LogP contribution in [0.4, 0.5) is 0 Å². The van der Waals surface area contributed by atoms with E-state index in [2.05, 4.69) is 9.97 Å². The van der Waals surface area contributed by atoms with Crippen LogP contribution < -0.4 is 16.0 Å². The third-order valence-corrected chi connectivity index (χ3v) is 3.01. The summed E-state index contributed by atoms with van der Waals surface area (Å²) in [6.07, 6.45) is 0. The molecule has 2 rings (SSSR count). The molecule has 0 bridgehead atoms. The maximum atomic E-state index is 11.5.